The SMILES string of the molecule is CCCCCCCCC/C=C/[C@@H](O)[C@H](CO[C@H]1O[C@@H](CO)[C@H](O)C(O)C1O)NC(=O)CCCCCCCCCCCCCCC. The van der Waals surface area contributed by atoms with Gasteiger partial charge in [-0.25, -0.2) is 0 Å². The Bertz CT molecular complexity index is 721. The normalized spacial score (nSPS) is 23.4. The number of allylic oxidation sites excluding steroid dienone is 1. The Kier molecular flexibility index (Phi) is 26.1. The van der Waals surface area contributed by atoms with Crippen LogP contribution in [0.2, 0.25) is 0 Å². The molecule has 0 saturated carbocycles. The van der Waals surface area contributed by atoms with Gasteiger partial charge < -0.3 is 40.3 Å². The van der Waals surface area contributed by atoms with Crippen molar-refractivity contribution in [3.8, 4) is 0 Å². The molecular weight excluding hydrogens is 574 g/mol. The van der Waals surface area contributed by atoms with E-state index < -0.39 is 49.5 Å². The number of aliphatic hydroxyl groups is 5. The van der Waals surface area contributed by atoms with Crippen molar-refractivity contribution in [3.05, 3.63) is 12.2 Å². The highest BCUT2D eigenvalue weighted by atomic mass is 16.7. The van der Waals surface area contributed by atoms with Gasteiger partial charge in [0, 0.05) is 6.42 Å². The quantitative estimate of drug-likeness (QED) is 0.0441. The van der Waals surface area contributed by atoms with Gasteiger partial charge in [0.15, 0.2) is 6.29 Å². The molecule has 0 bridgehead atoms. The molecule has 6 N–H and O–H groups in total. The summed E-state index contributed by atoms with van der Waals surface area (Å²) in [6.07, 6.45) is 21.2. The van der Waals surface area contributed by atoms with Crippen molar-refractivity contribution < 1.29 is 39.8 Å². The molecule has 0 aliphatic carbocycles. The molecule has 2 unspecified atom stereocenters. The number of rotatable bonds is 29. The van der Waals surface area contributed by atoms with Gasteiger partial charge in [-0.15, -0.1) is 0 Å². The minimum atomic E-state index is -1.56. The number of aliphatic hydroxyl groups excluding tert-OH is 5. The average molecular weight is 644 g/mol. The fraction of sp³-hybridized carbons (Fsp3) is 0.917. The standard InChI is InChI=1S/C36H69NO8/c1-3-5-7-9-11-13-14-15-16-18-20-22-24-26-32(40)37-29(30(39)25-23-21-19-17-12-10-8-6-4-2)28-44-36-35(43)34(42)33(41)31(27-38)45-36/h23,25,29-31,33-36,38-39,41-43H,3-22,24,26-28H2,1-2H3,(H,37,40)/b25-23+/t29-,30+,31-,33-,34?,35?,36-/m0/s1. The summed E-state index contributed by atoms with van der Waals surface area (Å²) in [6.45, 7) is 3.71. The molecule has 0 aromatic carbocycles. The minimum absolute atomic E-state index is 0.181. The van der Waals surface area contributed by atoms with Gasteiger partial charge in [0.1, 0.15) is 24.4 Å². The fourth-order valence-corrected chi connectivity index (χ4v) is 5.80. The van der Waals surface area contributed by atoms with Gasteiger partial charge in [0.25, 0.3) is 0 Å². The summed E-state index contributed by atoms with van der Waals surface area (Å²) in [5.74, 6) is -0.181. The van der Waals surface area contributed by atoms with E-state index in [4.69, 9.17) is 9.47 Å². The third-order valence-corrected chi connectivity index (χ3v) is 8.86. The summed E-state index contributed by atoms with van der Waals surface area (Å²) in [5, 5.41) is 53.7. The van der Waals surface area contributed by atoms with Crippen LogP contribution in [-0.2, 0) is 14.3 Å². The molecule has 1 amide bonds. The predicted octanol–water partition coefficient (Wildman–Crippen LogP) is 5.83. The number of carbonyl (C=O) groups is 1. The number of ether oxygens (including phenoxy) is 2. The van der Waals surface area contributed by atoms with Crippen molar-refractivity contribution in [2.24, 2.45) is 0 Å². The highest BCUT2D eigenvalue weighted by Gasteiger charge is 2.44. The summed E-state index contributed by atoms with van der Waals surface area (Å²) in [6, 6.07) is -0.794. The van der Waals surface area contributed by atoms with Crippen molar-refractivity contribution >= 4 is 5.91 Å². The maximum absolute atomic E-state index is 12.8. The summed E-state index contributed by atoms with van der Waals surface area (Å²) in [7, 11) is 0. The molecule has 45 heavy (non-hydrogen) atoms. The zero-order chi connectivity index (χ0) is 33.1. The Morgan fingerprint density at radius 3 is 1.73 bits per heavy atom. The molecule has 1 aliphatic heterocycles. The molecule has 9 nitrogen and oxygen atoms in total. The lowest BCUT2D eigenvalue weighted by Gasteiger charge is -2.40. The number of amides is 1. The van der Waals surface area contributed by atoms with Crippen LogP contribution in [0.1, 0.15) is 155 Å². The van der Waals surface area contributed by atoms with Gasteiger partial charge in [-0.1, -0.05) is 142 Å². The molecular formula is C36H69NO8. The van der Waals surface area contributed by atoms with Crippen LogP contribution < -0.4 is 5.32 Å². The Balaban J connectivity index is 2.46. The number of unbranched alkanes of at least 4 members (excludes halogenated alkanes) is 19. The molecule has 1 aliphatic rings. The van der Waals surface area contributed by atoms with Crippen LogP contribution in [0, 0.1) is 0 Å². The van der Waals surface area contributed by atoms with Gasteiger partial charge in [-0.05, 0) is 19.3 Å². The minimum Gasteiger partial charge on any atom is -0.394 e. The van der Waals surface area contributed by atoms with E-state index in [1.807, 2.05) is 6.08 Å². The molecule has 7 atom stereocenters. The van der Waals surface area contributed by atoms with Crippen LogP contribution in [0.15, 0.2) is 12.2 Å². The van der Waals surface area contributed by atoms with E-state index in [0.717, 1.165) is 38.5 Å². The van der Waals surface area contributed by atoms with Crippen molar-refractivity contribution in [2.45, 2.75) is 198 Å². The van der Waals surface area contributed by atoms with Crippen LogP contribution in [0.3, 0.4) is 0 Å². The lowest BCUT2D eigenvalue weighted by atomic mass is 9.99. The second kappa shape index (κ2) is 28.0. The van der Waals surface area contributed by atoms with E-state index in [2.05, 4.69) is 19.2 Å². The van der Waals surface area contributed by atoms with E-state index in [9.17, 15) is 30.3 Å². The van der Waals surface area contributed by atoms with E-state index in [1.165, 1.54) is 96.3 Å². The summed E-state index contributed by atoms with van der Waals surface area (Å²) < 4.78 is 11.1. The molecule has 1 heterocycles. The van der Waals surface area contributed by atoms with Crippen molar-refractivity contribution in [1.82, 2.24) is 5.32 Å². The average Bonchev–Trinajstić information content (AvgIpc) is 3.04. The zero-order valence-electron chi connectivity index (χ0n) is 28.6. The van der Waals surface area contributed by atoms with Crippen molar-refractivity contribution in [2.75, 3.05) is 13.2 Å². The second-order valence-corrected chi connectivity index (χ2v) is 13.0. The number of carbonyl (C=O) groups excluding carboxylic acids is 1. The molecule has 0 aromatic rings. The smallest absolute Gasteiger partial charge is 0.220 e. The molecule has 1 rings (SSSR count). The molecule has 266 valence electrons. The Labute approximate surface area is 274 Å². The van der Waals surface area contributed by atoms with Crippen molar-refractivity contribution in [3.63, 3.8) is 0 Å². The van der Waals surface area contributed by atoms with Gasteiger partial charge in [0.05, 0.1) is 25.4 Å². The first-order valence-electron chi connectivity index (χ1n) is 18.4. The first kappa shape index (κ1) is 42.0. The van der Waals surface area contributed by atoms with Crippen LogP contribution in [-0.4, -0.2) is 87.5 Å². The summed E-state index contributed by atoms with van der Waals surface area (Å²) in [4.78, 5) is 12.8. The highest BCUT2D eigenvalue weighted by Crippen LogP contribution is 2.22. The molecule has 0 aromatic heterocycles. The second-order valence-electron chi connectivity index (χ2n) is 13.0. The maximum atomic E-state index is 12.8. The molecule has 0 radical (unpaired) electrons. The fourth-order valence-electron chi connectivity index (χ4n) is 5.80. The first-order chi connectivity index (χ1) is 21.8. The van der Waals surface area contributed by atoms with E-state index in [-0.39, 0.29) is 12.5 Å². The largest absolute Gasteiger partial charge is 0.394 e. The van der Waals surface area contributed by atoms with Gasteiger partial charge >= 0.3 is 0 Å². The van der Waals surface area contributed by atoms with Crippen molar-refractivity contribution in [1.29, 1.82) is 0 Å². The Morgan fingerprint density at radius 1 is 0.733 bits per heavy atom. The van der Waals surface area contributed by atoms with Crippen LogP contribution in [0.5, 0.6) is 0 Å². The van der Waals surface area contributed by atoms with Gasteiger partial charge in [-0.2, -0.15) is 0 Å². The van der Waals surface area contributed by atoms with E-state index >= 15 is 0 Å². The van der Waals surface area contributed by atoms with E-state index in [0.29, 0.717) is 6.42 Å². The number of hydrogen-bond donors (Lipinski definition) is 6. The summed E-state index contributed by atoms with van der Waals surface area (Å²) >= 11 is 0. The Morgan fingerprint density at radius 2 is 1.22 bits per heavy atom. The topological polar surface area (TPSA) is 149 Å². The molecule has 1 saturated heterocycles. The predicted molar refractivity (Wildman–Crippen MR) is 180 cm³/mol. The molecule has 0 spiro atoms. The van der Waals surface area contributed by atoms with Gasteiger partial charge in [0.2, 0.25) is 5.91 Å². The lowest BCUT2D eigenvalue weighted by molar-refractivity contribution is -0.302. The molecule has 9 heteroatoms. The van der Waals surface area contributed by atoms with Crippen LogP contribution in [0.4, 0.5) is 0 Å². The third kappa shape index (κ3) is 20.0. The monoisotopic (exact) mass is 644 g/mol. The third-order valence-electron chi connectivity index (χ3n) is 8.86. The summed E-state index contributed by atoms with van der Waals surface area (Å²) in [5.41, 5.74) is 0. The van der Waals surface area contributed by atoms with Gasteiger partial charge in [-0.3, -0.25) is 4.79 Å². The zero-order valence-corrected chi connectivity index (χ0v) is 28.6. The first-order valence-corrected chi connectivity index (χ1v) is 18.4. The lowest BCUT2D eigenvalue weighted by Crippen LogP contribution is -2.60. The highest BCUT2D eigenvalue weighted by molar-refractivity contribution is 5.76. The van der Waals surface area contributed by atoms with Crippen LogP contribution in [0.25, 0.3) is 0 Å². The number of nitrogens with one attached hydrogen (secondary N) is 1. The number of hydrogen-bond acceptors (Lipinski definition) is 8. The Hall–Kier alpha value is -1.07. The molecule has 1 fully saturated rings. The maximum Gasteiger partial charge on any atom is 0.220 e. The van der Waals surface area contributed by atoms with E-state index in [1.54, 1.807) is 6.08 Å². The van der Waals surface area contributed by atoms with Crippen LogP contribution >= 0.6 is 0 Å².